The van der Waals surface area contributed by atoms with Crippen molar-refractivity contribution in [2.45, 2.75) is 18.6 Å². The molecule has 4 nitrogen and oxygen atoms in total. The molecular formula is C15H16Cl2N2O2S. The molecule has 1 fully saturated rings. The lowest BCUT2D eigenvalue weighted by Crippen LogP contribution is -2.27. The van der Waals surface area contributed by atoms with E-state index >= 15 is 0 Å². The lowest BCUT2D eigenvalue weighted by Gasteiger charge is -2.21. The van der Waals surface area contributed by atoms with E-state index in [1.807, 2.05) is 23.1 Å². The van der Waals surface area contributed by atoms with Gasteiger partial charge in [0.25, 0.3) is 0 Å². The van der Waals surface area contributed by atoms with Crippen LogP contribution in [0.2, 0.25) is 10.0 Å². The number of hydrogen-bond donors (Lipinski definition) is 0. The largest absolute Gasteiger partial charge is 0.356 e. The molecule has 0 unspecified atom stereocenters. The molecule has 2 aromatic rings. The highest BCUT2D eigenvalue weighted by Crippen LogP contribution is 2.31. The van der Waals surface area contributed by atoms with Crippen molar-refractivity contribution in [3.05, 3.63) is 34.3 Å². The fraction of sp³-hybridized carbons (Fsp3) is 0.400. The van der Waals surface area contributed by atoms with Crippen molar-refractivity contribution in [2.24, 2.45) is 0 Å². The van der Waals surface area contributed by atoms with Crippen molar-refractivity contribution in [2.75, 3.05) is 23.7 Å². The maximum Gasteiger partial charge on any atom is 0.154 e. The Kier molecular flexibility index (Phi) is 4.23. The molecule has 0 N–H and O–H groups in total. The van der Waals surface area contributed by atoms with Crippen LogP contribution in [0, 0.1) is 0 Å². The first kappa shape index (κ1) is 15.8. The molecule has 0 spiro atoms. The van der Waals surface area contributed by atoms with Crippen molar-refractivity contribution in [1.29, 1.82) is 0 Å². The fourth-order valence-electron chi connectivity index (χ4n) is 2.59. The number of hydrogen-bond acceptors (Lipinski definition) is 4. The van der Waals surface area contributed by atoms with Crippen LogP contribution in [-0.2, 0) is 9.84 Å². The Balaban J connectivity index is 1.98. The Morgan fingerprint density at radius 1 is 1.18 bits per heavy atom. The molecule has 0 aliphatic carbocycles. The van der Waals surface area contributed by atoms with Crippen LogP contribution >= 0.6 is 23.2 Å². The molecule has 22 heavy (non-hydrogen) atoms. The maximum atomic E-state index is 12.0. The number of benzene rings is 1. The minimum Gasteiger partial charge on any atom is -0.356 e. The van der Waals surface area contributed by atoms with Crippen LogP contribution < -0.4 is 4.90 Å². The summed E-state index contributed by atoms with van der Waals surface area (Å²) >= 11 is 12.3. The smallest absolute Gasteiger partial charge is 0.154 e. The van der Waals surface area contributed by atoms with Crippen LogP contribution in [0.3, 0.4) is 0 Å². The average molecular weight is 359 g/mol. The second-order valence-corrected chi connectivity index (χ2v) is 8.88. The summed E-state index contributed by atoms with van der Waals surface area (Å²) in [6.07, 6.45) is 0.603. The molecule has 0 radical (unpaired) electrons. The van der Waals surface area contributed by atoms with Gasteiger partial charge in [0.1, 0.15) is 5.82 Å². The third-order valence-corrected chi connectivity index (χ3v) is 7.13. The Bertz CT molecular complexity index is 824. The third-order valence-electron chi connectivity index (χ3n) is 4.13. The zero-order valence-corrected chi connectivity index (χ0v) is 14.4. The van der Waals surface area contributed by atoms with E-state index in [9.17, 15) is 8.42 Å². The zero-order valence-electron chi connectivity index (χ0n) is 12.1. The van der Waals surface area contributed by atoms with Gasteiger partial charge < -0.3 is 4.90 Å². The molecule has 1 atom stereocenters. The van der Waals surface area contributed by atoms with Gasteiger partial charge in [-0.3, -0.25) is 0 Å². The summed E-state index contributed by atoms with van der Waals surface area (Å²) in [6.45, 7) is 2.88. The van der Waals surface area contributed by atoms with Crippen LogP contribution in [-0.4, -0.2) is 37.5 Å². The molecule has 3 rings (SSSR count). The molecule has 0 saturated carbocycles. The van der Waals surface area contributed by atoms with Crippen molar-refractivity contribution < 1.29 is 8.42 Å². The quantitative estimate of drug-likeness (QED) is 0.781. The Morgan fingerprint density at radius 2 is 1.91 bits per heavy atom. The number of pyridine rings is 1. The highest BCUT2D eigenvalue weighted by molar-refractivity contribution is 7.92. The van der Waals surface area contributed by atoms with Crippen molar-refractivity contribution in [3.8, 4) is 0 Å². The topological polar surface area (TPSA) is 50.3 Å². The van der Waals surface area contributed by atoms with Crippen LogP contribution in [0.15, 0.2) is 24.3 Å². The number of fused-ring (bicyclic) bond motifs is 1. The van der Waals surface area contributed by atoms with E-state index in [1.165, 1.54) is 0 Å². The van der Waals surface area contributed by atoms with E-state index in [4.69, 9.17) is 23.2 Å². The predicted molar refractivity (Wildman–Crippen MR) is 91.8 cm³/mol. The fourth-order valence-corrected chi connectivity index (χ4v) is 4.30. The second-order valence-electron chi connectivity index (χ2n) is 5.56. The molecule has 1 saturated heterocycles. The normalized spacial score (nSPS) is 21.8. The van der Waals surface area contributed by atoms with E-state index in [2.05, 4.69) is 4.98 Å². The van der Waals surface area contributed by atoms with E-state index < -0.39 is 9.84 Å². The van der Waals surface area contributed by atoms with Gasteiger partial charge in [-0.2, -0.15) is 0 Å². The summed E-state index contributed by atoms with van der Waals surface area (Å²) in [4.78, 5) is 6.59. The molecule has 1 aliphatic heterocycles. The number of anilines is 1. The third kappa shape index (κ3) is 2.90. The lowest BCUT2D eigenvalue weighted by atomic mass is 10.2. The predicted octanol–water partition coefficient (Wildman–Crippen LogP) is 3.56. The van der Waals surface area contributed by atoms with Gasteiger partial charge in [0, 0.05) is 18.5 Å². The highest BCUT2D eigenvalue weighted by atomic mass is 35.5. The lowest BCUT2D eigenvalue weighted by molar-refractivity contribution is 0.584. The van der Waals surface area contributed by atoms with Crippen LogP contribution in [0.4, 0.5) is 5.82 Å². The van der Waals surface area contributed by atoms with Gasteiger partial charge in [0.15, 0.2) is 9.84 Å². The van der Waals surface area contributed by atoms with Gasteiger partial charge in [-0.05, 0) is 31.5 Å². The van der Waals surface area contributed by atoms with E-state index in [1.54, 1.807) is 13.0 Å². The van der Waals surface area contributed by atoms with Crippen LogP contribution in [0.25, 0.3) is 10.9 Å². The Labute approximate surface area is 140 Å². The summed E-state index contributed by atoms with van der Waals surface area (Å²) in [7, 11) is -3.01. The van der Waals surface area contributed by atoms with Crippen LogP contribution in [0.5, 0.6) is 0 Å². The van der Waals surface area contributed by atoms with Crippen molar-refractivity contribution in [3.63, 3.8) is 0 Å². The summed E-state index contributed by atoms with van der Waals surface area (Å²) in [6, 6.07) is 7.45. The van der Waals surface area contributed by atoms with Gasteiger partial charge in [-0.25, -0.2) is 13.4 Å². The molecule has 0 amide bonds. The molecule has 118 valence electrons. The first-order chi connectivity index (χ1) is 10.4. The standard InChI is InChI=1S/C15H16Cl2N2O2S/c1-10-6-7-19(8-9-22(10,20)21)13-5-3-11-2-4-12(16)14(17)15(11)18-13/h2-5,10H,6-9H2,1H3/t10-/m0/s1. The number of aromatic nitrogens is 1. The number of sulfone groups is 1. The second kappa shape index (κ2) is 5.87. The first-order valence-electron chi connectivity index (χ1n) is 7.10. The molecule has 1 aromatic heterocycles. The highest BCUT2D eigenvalue weighted by Gasteiger charge is 2.26. The first-order valence-corrected chi connectivity index (χ1v) is 9.57. The molecule has 1 aliphatic rings. The van der Waals surface area contributed by atoms with Crippen LogP contribution in [0.1, 0.15) is 13.3 Å². The molecule has 1 aromatic carbocycles. The van der Waals surface area contributed by atoms with E-state index in [0.29, 0.717) is 35.1 Å². The maximum absolute atomic E-state index is 12.0. The van der Waals surface area contributed by atoms with Gasteiger partial charge in [-0.1, -0.05) is 29.3 Å². The molecular weight excluding hydrogens is 343 g/mol. The van der Waals surface area contributed by atoms with E-state index in [-0.39, 0.29) is 11.0 Å². The summed E-state index contributed by atoms with van der Waals surface area (Å²) in [5.41, 5.74) is 0.645. The minimum absolute atomic E-state index is 0.150. The molecule has 0 bridgehead atoms. The number of rotatable bonds is 1. The van der Waals surface area contributed by atoms with Gasteiger partial charge in [0.05, 0.1) is 26.6 Å². The number of halogens is 2. The van der Waals surface area contributed by atoms with Gasteiger partial charge >= 0.3 is 0 Å². The molecule has 7 heteroatoms. The Morgan fingerprint density at radius 3 is 2.68 bits per heavy atom. The Hall–Kier alpha value is -1.04. The SMILES string of the molecule is C[C@H]1CCN(c2ccc3ccc(Cl)c(Cl)c3n2)CCS1(=O)=O. The van der Waals surface area contributed by atoms with Gasteiger partial charge in [0.2, 0.25) is 0 Å². The zero-order chi connectivity index (χ0) is 15.9. The van der Waals surface area contributed by atoms with Crippen molar-refractivity contribution >= 4 is 49.8 Å². The summed E-state index contributed by atoms with van der Waals surface area (Å²) < 4.78 is 24.0. The monoisotopic (exact) mass is 358 g/mol. The molecule has 2 heterocycles. The van der Waals surface area contributed by atoms with Crippen molar-refractivity contribution in [1.82, 2.24) is 4.98 Å². The van der Waals surface area contributed by atoms with E-state index in [0.717, 1.165) is 11.2 Å². The number of nitrogens with zero attached hydrogens (tertiary/aromatic N) is 2. The summed E-state index contributed by atoms with van der Waals surface area (Å²) in [5.74, 6) is 0.887. The van der Waals surface area contributed by atoms with Gasteiger partial charge in [-0.15, -0.1) is 0 Å². The minimum atomic E-state index is -3.01. The summed E-state index contributed by atoms with van der Waals surface area (Å²) in [5, 5.41) is 1.49. The average Bonchev–Trinajstić information content (AvgIpc) is 2.63.